The standard InChI is InChI=1S/C30H45N3O7/c1-10-30(38,11-2)12-14-33-15-13-31-26(33)32-27(37)40-24(39-19(3)34)18-23(35)20-16-21(28(4,5)6)25(36)22(17-20)29(7,8)9/h13,15-17,24,36,38H,10-12,14,18H2,1-9H3,(H,31,32,37). The number of nitrogens with one attached hydrogen (secondary N) is 1. The van der Waals surface area contributed by atoms with Crippen LogP contribution in [-0.2, 0) is 31.6 Å². The van der Waals surface area contributed by atoms with Crippen LogP contribution in [0.3, 0.4) is 0 Å². The number of hydrogen-bond donors (Lipinski definition) is 3. The van der Waals surface area contributed by atoms with Crippen molar-refractivity contribution in [1.82, 2.24) is 9.55 Å². The van der Waals surface area contributed by atoms with Crippen molar-refractivity contribution in [3.63, 3.8) is 0 Å². The van der Waals surface area contributed by atoms with Gasteiger partial charge in [0.2, 0.25) is 5.62 Å². The van der Waals surface area contributed by atoms with Gasteiger partial charge < -0.3 is 29.2 Å². The number of phenols is 1. The molecule has 1 amide bonds. The Balaban J connectivity index is 2.31. The highest BCUT2D eigenvalue weighted by Gasteiger charge is 2.29. The molecule has 0 saturated heterocycles. The van der Waals surface area contributed by atoms with Gasteiger partial charge in [-0.25, -0.2) is 4.79 Å². The highest BCUT2D eigenvalue weighted by Crippen LogP contribution is 2.40. The summed E-state index contributed by atoms with van der Waals surface area (Å²) in [5, 5.41) is 21.5. The Morgan fingerprint density at radius 1 is 1.00 bits per heavy atom. The number of Topliss-reactive ketones (excluding diaryl/α,β-unsaturated/α-hetero) is 1. The Hall–Kier alpha value is -3.40. The lowest BCUT2D eigenvalue weighted by Gasteiger charge is -2.28. The van der Waals surface area contributed by atoms with Crippen LogP contribution in [0.1, 0.15) is 109 Å². The number of H-pyrrole nitrogens is 1. The van der Waals surface area contributed by atoms with E-state index in [1.807, 2.05) is 55.4 Å². The highest BCUT2D eigenvalue weighted by molar-refractivity contribution is 5.97. The second-order valence-corrected chi connectivity index (χ2v) is 12.2. The van der Waals surface area contributed by atoms with Crippen LogP contribution >= 0.6 is 0 Å². The number of hydrogen-bond acceptors (Lipinski definition) is 7. The lowest BCUT2D eigenvalue weighted by atomic mass is 9.78. The van der Waals surface area contributed by atoms with Gasteiger partial charge in [-0.1, -0.05) is 55.4 Å². The second-order valence-electron chi connectivity index (χ2n) is 12.2. The SMILES string of the molecule is CCC(O)(CC)CCn1cc[nH]c1=NC(=O)OC(CC(=O)c1cc(C(C)(C)C)c(O)c(C(C)(C)C)c1)OC(C)=O. The molecule has 10 heteroatoms. The molecule has 3 N–H and O–H groups in total. The van der Waals surface area contributed by atoms with Crippen molar-refractivity contribution in [2.75, 3.05) is 0 Å². The van der Waals surface area contributed by atoms with Crippen molar-refractivity contribution in [2.45, 2.75) is 117 Å². The van der Waals surface area contributed by atoms with E-state index in [9.17, 15) is 24.6 Å². The molecule has 0 saturated carbocycles. The van der Waals surface area contributed by atoms with Crippen LogP contribution in [-0.4, -0.2) is 49.5 Å². The number of benzene rings is 1. The fraction of sp³-hybridized carbons (Fsp3) is 0.600. The number of ketones is 1. The highest BCUT2D eigenvalue weighted by atomic mass is 16.7. The van der Waals surface area contributed by atoms with Gasteiger partial charge in [-0.05, 0) is 42.2 Å². The normalized spacial score (nSPS) is 13.7. The molecular formula is C30H45N3O7. The summed E-state index contributed by atoms with van der Waals surface area (Å²) in [6.07, 6.45) is 1.96. The topological polar surface area (TPSA) is 143 Å². The summed E-state index contributed by atoms with van der Waals surface area (Å²) < 4.78 is 12.1. The smallest absolute Gasteiger partial charge is 0.439 e. The van der Waals surface area contributed by atoms with E-state index in [0.717, 1.165) is 6.92 Å². The van der Waals surface area contributed by atoms with Gasteiger partial charge in [-0.15, -0.1) is 4.99 Å². The van der Waals surface area contributed by atoms with Crippen molar-refractivity contribution in [2.24, 2.45) is 4.99 Å². The number of esters is 1. The average Bonchev–Trinajstić information content (AvgIpc) is 3.27. The molecule has 1 heterocycles. The summed E-state index contributed by atoms with van der Waals surface area (Å²) in [5.41, 5.74) is -0.0129. The van der Waals surface area contributed by atoms with E-state index >= 15 is 0 Å². The summed E-state index contributed by atoms with van der Waals surface area (Å²) in [4.78, 5) is 44.6. The Morgan fingerprint density at radius 3 is 2.02 bits per heavy atom. The van der Waals surface area contributed by atoms with Gasteiger partial charge in [0.05, 0.1) is 12.0 Å². The molecule has 1 atom stereocenters. The van der Waals surface area contributed by atoms with E-state index in [4.69, 9.17) is 9.47 Å². The molecule has 0 fully saturated rings. The van der Waals surface area contributed by atoms with Crippen LogP contribution in [0.15, 0.2) is 29.5 Å². The van der Waals surface area contributed by atoms with Crippen LogP contribution in [0.5, 0.6) is 5.75 Å². The van der Waals surface area contributed by atoms with Crippen LogP contribution < -0.4 is 5.62 Å². The molecule has 0 bridgehead atoms. The number of aromatic amines is 1. The fourth-order valence-corrected chi connectivity index (χ4v) is 4.29. The molecule has 2 aromatic rings. The number of amides is 1. The number of aromatic nitrogens is 2. The number of aryl methyl sites for hydroxylation is 1. The van der Waals surface area contributed by atoms with E-state index < -0.39 is 47.0 Å². The third-order valence-corrected chi connectivity index (χ3v) is 7.00. The number of rotatable bonds is 10. The molecule has 40 heavy (non-hydrogen) atoms. The Morgan fingerprint density at radius 2 is 1.55 bits per heavy atom. The lowest BCUT2D eigenvalue weighted by Crippen LogP contribution is -2.31. The first-order valence-corrected chi connectivity index (χ1v) is 13.7. The van der Waals surface area contributed by atoms with Gasteiger partial charge in [0.25, 0.3) is 6.29 Å². The third kappa shape index (κ3) is 8.81. The minimum Gasteiger partial charge on any atom is -0.507 e. The van der Waals surface area contributed by atoms with Crippen LogP contribution in [0.25, 0.3) is 0 Å². The lowest BCUT2D eigenvalue weighted by molar-refractivity contribution is -0.163. The van der Waals surface area contributed by atoms with E-state index in [2.05, 4.69) is 9.98 Å². The molecule has 0 aliphatic carbocycles. The number of aromatic hydroxyl groups is 1. The average molecular weight is 560 g/mol. The van der Waals surface area contributed by atoms with Crippen molar-refractivity contribution in [1.29, 1.82) is 0 Å². The maximum absolute atomic E-state index is 13.4. The van der Waals surface area contributed by atoms with Gasteiger partial charge in [0.1, 0.15) is 5.75 Å². The molecule has 0 aliphatic heterocycles. The van der Waals surface area contributed by atoms with Gasteiger partial charge >= 0.3 is 12.1 Å². The van der Waals surface area contributed by atoms with Gasteiger partial charge in [-0.2, -0.15) is 0 Å². The maximum atomic E-state index is 13.4. The summed E-state index contributed by atoms with van der Waals surface area (Å²) >= 11 is 0. The Bertz CT molecular complexity index is 1240. The minimum absolute atomic E-state index is 0.133. The third-order valence-electron chi connectivity index (χ3n) is 7.00. The molecular weight excluding hydrogens is 514 g/mol. The summed E-state index contributed by atoms with van der Waals surface area (Å²) in [6.45, 7) is 17.0. The number of carbonyl (C=O) groups excluding carboxylic acids is 3. The minimum atomic E-state index is -1.50. The van der Waals surface area contributed by atoms with Crippen LogP contribution in [0.2, 0.25) is 0 Å². The number of imidazole rings is 1. The van der Waals surface area contributed by atoms with E-state index in [1.165, 1.54) is 0 Å². The summed E-state index contributed by atoms with van der Waals surface area (Å²) in [6, 6.07) is 3.25. The molecule has 1 unspecified atom stereocenters. The zero-order valence-electron chi connectivity index (χ0n) is 25.3. The first-order valence-electron chi connectivity index (χ1n) is 13.7. The fourth-order valence-electron chi connectivity index (χ4n) is 4.29. The van der Waals surface area contributed by atoms with Crippen molar-refractivity contribution < 1.29 is 34.1 Å². The molecule has 1 aromatic heterocycles. The number of ether oxygens (including phenoxy) is 2. The van der Waals surface area contributed by atoms with Crippen molar-refractivity contribution >= 4 is 17.8 Å². The van der Waals surface area contributed by atoms with Gasteiger partial charge in [0.15, 0.2) is 5.78 Å². The second kappa shape index (κ2) is 12.8. The molecule has 2 rings (SSSR count). The Kier molecular flexibility index (Phi) is 10.5. The van der Waals surface area contributed by atoms with Gasteiger partial charge in [-0.3, -0.25) is 9.59 Å². The molecule has 0 spiro atoms. The monoisotopic (exact) mass is 559 g/mol. The largest absolute Gasteiger partial charge is 0.507 e. The number of carbonyl (C=O) groups is 3. The first kappa shape index (κ1) is 32.8. The summed E-state index contributed by atoms with van der Waals surface area (Å²) in [7, 11) is 0. The molecule has 0 aliphatic rings. The van der Waals surface area contributed by atoms with Crippen LogP contribution in [0, 0.1) is 0 Å². The predicted molar refractivity (Wildman–Crippen MR) is 151 cm³/mol. The van der Waals surface area contributed by atoms with E-state index in [-0.39, 0.29) is 11.4 Å². The van der Waals surface area contributed by atoms with E-state index in [0.29, 0.717) is 42.5 Å². The molecule has 1 aromatic carbocycles. The molecule has 222 valence electrons. The number of nitrogens with zero attached hydrogens (tertiary/aromatic N) is 2. The van der Waals surface area contributed by atoms with Gasteiger partial charge in [0, 0.05) is 42.6 Å². The number of phenolic OH excluding ortho intramolecular Hbond substituents is 1. The van der Waals surface area contributed by atoms with Crippen LogP contribution in [0.4, 0.5) is 4.79 Å². The Labute approximate surface area is 236 Å². The first-order chi connectivity index (χ1) is 18.4. The summed E-state index contributed by atoms with van der Waals surface area (Å²) in [5.74, 6) is -1.02. The molecule has 10 nitrogen and oxygen atoms in total. The zero-order valence-corrected chi connectivity index (χ0v) is 25.3. The maximum Gasteiger partial charge on any atom is 0.439 e. The zero-order chi connectivity index (χ0) is 30.5. The quantitative estimate of drug-likeness (QED) is 0.205. The molecule has 0 radical (unpaired) electrons. The van der Waals surface area contributed by atoms with Crippen molar-refractivity contribution in [3.8, 4) is 5.75 Å². The predicted octanol–water partition coefficient (Wildman–Crippen LogP) is 5.26. The number of aliphatic hydroxyl groups is 1. The van der Waals surface area contributed by atoms with E-state index in [1.54, 1.807) is 29.1 Å². The van der Waals surface area contributed by atoms with Crippen molar-refractivity contribution in [3.05, 3.63) is 46.8 Å².